The van der Waals surface area contributed by atoms with E-state index >= 15 is 0 Å². The number of unbranched alkanes of at least 4 members (excludes halogenated alkanes) is 4. The lowest BCUT2D eigenvalue weighted by molar-refractivity contribution is 0.164. The molecule has 0 spiro atoms. The number of hydrogen-bond donors (Lipinski definition) is 2. The van der Waals surface area contributed by atoms with Gasteiger partial charge in [0.1, 0.15) is 0 Å². The second-order valence-corrected chi connectivity index (χ2v) is 2.32. The second kappa shape index (κ2) is 16.5. The predicted molar refractivity (Wildman–Crippen MR) is 49.9 cm³/mol. The summed E-state index contributed by atoms with van der Waals surface area (Å²) < 4.78 is 0. The fourth-order valence-corrected chi connectivity index (χ4v) is 0.808. The van der Waals surface area contributed by atoms with Crippen LogP contribution >= 0.6 is 0 Å². The molecule has 0 aromatic heterocycles. The molecule has 0 heterocycles. The van der Waals surface area contributed by atoms with Crippen molar-refractivity contribution in [1.29, 1.82) is 0 Å². The van der Waals surface area contributed by atoms with Crippen LogP contribution in [0.25, 0.3) is 0 Å². The summed E-state index contributed by atoms with van der Waals surface area (Å²) in [5.74, 6) is 0. The number of hydroxylamine groups is 1. The summed E-state index contributed by atoms with van der Waals surface area (Å²) in [6.45, 7) is 6.94. The van der Waals surface area contributed by atoms with Gasteiger partial charge in [-0.2, -0.15) is 0 Å². The molecule has 0 saturated heterocycles. The molecule has 70 valence electrons. The van der Waals surface area contributed by atoms with Gasteiger partial charge in [0.15, 0.2) is 0 Å². The molecule has 0 amide bonds. The molecule has 0 aliphatic carbocycles. The van der Waals surface area contributed by atoms with Crippen LogP contribution in [0.4, 0.5) is 0 Å². The monoisotopic (exact) mass is 161 g/mol. The minimum atomic E-state index is 0.740. The van der Waals surface area contributed by atoms with Crippen molar-refractivity contribution in [2.24, 2.45) is 0 Å². The van der Waals surface area contributed by atoms with Crippen LogP contribution < -0.4 is 5.48 Å². The number of hydrogen-bond acceptors (Lipinski definition) is 2. The minimum Gasteiger partial charge on any atom is -0.317 e. The predicted octanol–water partition coefficient (Wildman–Crippen LogP) is 2.96. The first-order valence-electron chi connectivity index (χ1n) is 4.78. The fraction of sp³-hybridized carbons (Fsp3) is 1.00. The van der Waals surface area contributed by atoms with E-state index in [4.69, 9.17) is 5.21 Å². The van der Waals surface area contributed by atoms with E-state index in [1.54, 1.807) is 0 Å². The van der Waals surface area contributed by atoms with Crippen molar-refractivity contribution in [2.45, 2.75) is 52.9 Å². The first kappa shape index (κ1) is 13.5. The third kappa shape index (κ3) is 17.8. The second-order valence-electron chi connectivity index (χ2n) is 2.32. The largest absolute Gasteiger partial charge is 0.317 e. The molecular weight excluding hydrogens is 138 g/mol. The van der Waals surface area contributed by atoms with Gasteiger partial charge in [0.05, 0.1) is 0 Å². The van der Waals surface area contributed by atoms with Crippen LogP contribution in [0.2, 0.25) is 0 Å². The Hall–Kier alpha value is -0.0800. The molecule has 0 aliphatic rings. The van der Waals surface area contributed by atoms with E-state index in [9.17, 15) is 0 Å². The molecule has 0 fully saturated rings. The van der Waals surface area contributed by atoms with Crippen LogP contribution in [-0.4, -0.2) is 11.8 Å². The third-order valence-electron chi connectivity index (χ3n) is 1.39. The van der Waals surface area contributed by atoms with Gasteiger partial charge in [-0.25, -0.2) is 5.48 Å². The number of rotatable bonds is 6. The highest BCUT2D eigenvalue weighted by Crippen LogP contribution is 2.00. The Balaban J connectivity index is 0. The molecule has 0 atom stereocenters. The van der Waals surface area contributed by atoms with Gasteiger partial charge in [-0.05, 0) is 6.42 Å². The Morgan fingerprint density at radius 3 is 2.00 bits per heavy atom. The maximum Gasteiger partial charge on any atom is 0.0207 e. The van der Waals surface area contributed by atoms with E-state index in [1.807, 2.05) is 13.8 Å². The minimum absolute atomic E-state index is 0.740. The molecule has 0 bridgehead atoms. The zero-order valence-corrected chi connectivity index (χ0v) is 8.19. The van der Waals surface area contributed by atoms with Crippen molar-refractivity contribution in [3.63, 3.8) is 0 Å². The zero-order valence-electron chi connectivity index (χ0n) is 8.19. The van der Waals surface area contributed by atoms with E-state index in [0.29, 0.717) is 0 Å². The average molecular weight is 161 g/mol. The van der Waals surface area contributed by atoms with Gasteiger partial charge in [0, 0.05) is 6.54 Å². The number of nitrogens with one attached hydrogen (secondary N) is 1. The normalized spacial score (nSPS) is 8.73. The molecule has 0 aromatic rings. The van der Waals surface area contributed by atoms with Crippen molar-refractivity contribution in [3.05, 3.63) is 0 Å². The molecule has 0 unspecified atom stereocenters. The van der Waals surface area contributed by atoms with E-state index < -0.39 is 0 Å². The van der Waals surface area contributed by atoms with Crippen molar-refractivity contribution in [2.75, 3.05) is 6.54 Å². The van der Waals surface area contributed by atoms with E-state index in [2.05, 4.69) is 12.4 Å². The van der Waals surface area contributed by atoms with Crippen molar-refractivity contribution in [1.82, 2.24) is 5.48 Å². The van der Waals surface area contributed by atoms with Gasteiger partial charge in [0.25, 0.3) is 0 Å². The van der Waals surface area contributed by atoms with Gasteiger partial charge in [0.2, 0.25) is 0 Å². The van der Waals surface area contributed by atoms with Crippen molar-refractivity contribution >= 4 is 0 Å². The van der Waals surface area contributed by atoms with E-state index in [-0.39, 0.29) is 0 Å². The topological polar surface area (TPSA) is 32.3 Å². The van der Waals surface area contributed by atoms with Gasteiger partial charge in [-0.15, -0.1) is 0 Å². The summed E-state index contributed by atoms with van der Waals surface area (Å²) in [5, 5.41) is 8.17. The van der Waals surface area contributed by atoms with Crippen LogP contribution in [0.1, 0.15) is 52.9 Å². The van der Waals surface area contributed by atoms with Crippen LogP contribution in [0, 0.1) is 0 Å². The van der Waals surface area contributed by atoms with Crippen molar-refractivity contribution in [3.8, 4) is 0 Å². The molecule has 0 aromatic carbocycles. The molecule has 0 saturated carbocycles. The summed E-state index contributed by atoms with van der Waals surface area (Å²) in [6.07, 6.45) is 6.24. The lowest BCUT2D eigenvalue weighted by atomic mass is 10.2. The highest BCUT2D eigenvalue weighted by molar-refractivity contribution is 4.41. The molecular formula is C9H23NO. The van der Waals surface area contributed by atoms with Crippen molar-refractivity contribution < 1.29 is 5.21 Å². The summed E-state index contributed by atoms with van der Waals surface area (Å²) in [6, 6.07) is 0. The quantitative estimate of drug-likeness (QED) is 0.463. The third-order valence-corrected chi connectivity index (χ3v) is 1.39. The molecule has 2 N–H and O–H groups in total. The Bertz CT molecular complexity index is 42.8. The first-order chi connectivity index (χ1) is 5.41. The highest BCUT2D eigenvalue weighted by Gasteiger charge is 1.85. The summed E-state index contributed by atoms with van der Waals surface area (Å²) >= 11 is 0. The lowest BCUT2D eigenvalue weighted by Gasteiger charge is -1.96. The summed E-state index contributed by atoms with van der Waals surface area (Å²) in [4.78, 5) is 0. The van der Waals surface area contributed by atoms with Crippen LogP contribution in [-0.2, 0) is 0 Å². The van der Waals surface area contributed by atoms with Gasteiger partial charge in [-0.1, -0.05) is 46.5 Å². The Kier molecular flexibility index (Phi) is 20.2. The molecule has 11 heavy (non-hydrogen) atoms. The SMILES string of the molecule is CC.CCCCCCCNO. The Morgan fingerprint density at radius 2 is 1.55 bits per heavy atom. The molecule has 2 heteroatoms. The van der Waals surface area contributed by atoms with Crippen LogP contribution in [0.3, 0.4) is 0 Å². The smallest absolute Gasteiger partial charge is 0.0207 e. The van der Waals surface area contributed by atoms with Gasteiger partial charge < -0.3 is 5.21 Å². The first-order valence-corrected chi connectivity index (χ1v) is 4.78. The molecule has 0 aliphatic heterocycles. The van der Waals surface area contributed by atoms with E-state index in [1.165, 1.54) is 25.7 Å². The molecule has 0 radical (unpaired) electrons. The summed E-state index contributed by atoms with van der Waals surface area (Å²) in [5.41, 5.74) is 2.14. The highest BCUT2D eigenvalue weighted by atomic mass is 16.5. The van der Waals surface area contributed by atoms with Crippen LogP contribution in [0.5, 0.6) is 0 Å². The average Bonchev–Trinajstić information content (AvgIpc) is 2.08. The Morgan fingerprint density at radius 1 is 1.00 bits per heavy atom. The molecule has 0 rings (SSSR count). The van der Waals surface area contributed by atoms with Crippen LogP contribution in [0.15, 0.2) is 0 Å². The Labute approximate surface area is 71.0 Å². The lowest BCUT2D eigenvalue weighted by Crippen LogP contribution is -2.07. The molecule has 2 nitrogen and oxygen atoms in total. The van der Waals surface area contributed by atoms with Gasteiger partial charge >= 0.3 is 0 Å². The maximum absolute atomic E-state index is 8.17. The van der Waals surface area contributed by atoms with Gasteiger partial charge in [-0.3, -0.25) is 0 Å². The fourth-order valence-electron chi connectivity index (χ4n) is 0.808. The zero-order chi connectivity index (χ0) is 8.95. The summed E-state index contributed by atoms with van der Waals surface area (Å²) in [7, 11) is 0. The maximum atomic E-state index is 8.17. The standard InChI is InChI=1S/C7H17NO.C2H6/c1-2-3-4-5-6-7-8-9;1-2/h8-9H,2-7H2,1H3;1-2H3. The van der Waals surface area contributed by atoms with E-state index in [0.717, 1.165) is 13.0 Å².